The van der Waals surface area contributed by atoms with Crippen LogP contribution in [0.2, 0.25) is 0 Å². The lowest BCUT2D eigenvalue weighted by Crippen LogP contribution is -2.39. The highest BCUT2D eigenvalue weighted by atomic mass is 16.6. The number of rotatable bonds is 1. The van der Waals surface area contributed by atoms with Crippen molar-refractivity contribution in [1.29, 1.82) is 0 Å². The van der Waals surface area contributed by atoms with E-state index in [1.807, 2.05) is 6.07 Å². The van der Waals surface area contributed by atoms with E-state index in [4.69, 9.17) is 15.2 Å². The van der Waals surface area contributed by atoms with Gasteiger partial charge >= 0.3 is 0 Å². The molecule has 0 spiro atoms. The average molecular weight is 247 g/mol. The Morgan fingerprint density at radius 1 is 1.06 bits per heavy atom. The molecule has 2 aliphatic rings. The van der Waals surface area contributed by atoms with Crippen LogP contribution in [0.15, 0.2) is 12.1 Å². The first kappa shape index (κ1) is 11.8. The van der Waals surface area contributed by atoms with E-state index < -0.39 is 0 Å². The normalized spacial score (nSPS) is 21.7. The number of hydrogen-bond donors (Lipinski definition) is 1. The van der Waals surface area contributed by atoms with Crippen LogP contribution in [0, 0.1) is 6.92 Å². The molecular formula is C15H21NO2. The van der Waals surface area contributed by atoms with Crippen LogP contribution in [0.3, 0.4) is 0 Å². The van der Waals surface area contributed by atoms with E-state index in [-0.39, 0.29) is 5.54 Å². The monoisotopic (exact) mass is 247 g/mol. The molecule has 1 fully saturated rings. The van der Waals surface area contributed by atoms with Crippen molar-refractivity contribution in [3.05, 3.63) is 23.3 Å². The van der Waals surface area contributed by atoms with Crippen molar-refractivity contribution in [1.82, 2.24) is 0 Å². The summed E-state index contributed by atoms with van der Waals surface area (Å²) in [5, 5.41) is 0. The second-order valence-electron chi connectivity index (χ2n) is 5.48. The number of fused-ring (bicyclic) bond motifs is 1. The molecule has 1 saturated carbocycles. The van der Waals surface area contributed by atoms with Gasteiger partial charge in [-0.3, -0.25) is 0 Å². The molecule has 98 valence electrons. The molecule has 1 aromatic carbocycles. The molecule has 0 aromatic heterocycles. The van der Waals surface area contributed by atoms with Gasteiger partial charge in [-0.05, 0) is 37.0 Å². The molecule has 0 amide bonds. The molecule has 0 atom stereocenters. The molecule has 3 heteroatoms. The Labute approximate surface area is 108 Å². The Morgan fingerprint density at radius 3 is 2.56 bits per heavy atom. The molecule has 3 rings (SSSR count). The molecule has 1 aliphatic heterocycles. The number of ether oxygens (including phenoxy) is 2. The number of benzene rings is 1. The third kappa shape index (κ3) is 1.87. The van der Waals surface area contributed by atoms with Gasteiger partial charge in [0, 0.05) is 5.54 Å². The molecule has 2 N–H and O–H groups in total. The van der Waals surface area contributed by atoms with Gasteiger partial charge < -0.3 is 15.2 Å². The van der Waals surface area contributed by atoms with Gasteiger partial charge in [-0.1, -0.05) is 25.3 Å². The fourth-order valence-corrected chi connectivity index (χ4v) is 3.25. The van der Waals surface area contributed by atoms with Gasteiger partial charge in [0.2, 0.25) is 0 Å². The lowest BCUT2D eigenvalue weighted by molar-refractivity contribution is 0.169. The topological polar surface area (TPSA) is 44.5 Å². The standard InChI is InChI=1S/C15H21NO2/c1-11-12(15(16)7-3-2-4-8-15)5-6-13-14(11)18-10-9-17-13/h5-6H,2-4,7-10,16H2,1H3. The fourth-order valence-electron chi connectivity index (χ4n) is 3.25. The molecular weight excluding hydrogens is 226 g/mol. The largest absolute Gasteiger partial charge is 0.486 e. The summed E-state index contributed by atoms with van der Waals surface area (Å²) in [4.78, 5) is 0. The number of hydrogen-bond acceptors (Lipinski definition) is 3. The van der Waals surface area contributed by atoms with Gasteiger partial charge in [-0.2, -0.15) is 0 Å². The maximum Gasteiger partial charge on any atom is 0.164 e. The molecule has 0 saturated heterocycles. The van der Waals surface area contributed by atoms with E-state index in [9.17, 15) is 0 Å². The van der Waals surface area contributed by atoms with Crippen molar-refractivity contribution >= 4 is 0 Å². The Morgan fingerprint density at radius 2 is 1.78 bits per heavy atom. The van der Waals surface area contributed by atoms with Gasteiger partial charge in [-0.25, -0.2) is 0 Å². The SMILES string of the molecule is Cc1c(C2(N)CCCCC2)ccc2c1OCCO2. The smallest absolute Gasteiger partial charge is 0.164 e. The Bertz CT molecular complexity index is 450. The van der Waals surface area contributed by atoms with Crippen molar-refractivity contribution in [3.63, 3.8) is 0 Å². The summed E-state index contributed by atoms with van der Waals surface area (Å²) in [6, 6.07) is 4.15. The minimum absolute atomic E-state index is 0.168. The van der Waals surface area contributed by atoms with Gasteiger partial charge in [0.15, 0.2) is 11.5 Å². The summed E-state index contributed by atoms with van der Waals surface area (Å²) < 4.78 is 11.4. The Kier molecular flexibility index (Phi) is 2.94. The van der Waals surface area contributed by atoms with Crippen LogP contribution in [0.4, 0.5) is 0 Å². The Hall–Kier alpha value is -1.22. The second-order valence-corrected chi connectivity index (χ2v) is 5.48. The minimum atomic E-state index is -0.168. The van der Waals surface area contributed by atoms with Crippen LogP contribution in [-0.2, 0) is 5.54 Å². The summed E-state index contributed by atoms with van der Waals surface area (Å²) in [7, 11) is 0. The van der Waals surface area contributed by atoms with E-state index >= 15 is 0 Å². The van der Waals surface area contributed by atoms with Crippen molar-refractivity contribution in [2.75, 3.05) is 13.2 Å². The first-order chi connectivity index (χ1) is 8.71. The summed E-state index contributed by atoms with van der Waals surface area (Å²) in [6.07, 6.45) is 5.91. The molecule has 0 radical (unpaired) electrons. The average Bonchev–Trinajstić information content (AvgIpc) is 2.40. The molecule has 1 heterocycles. The lowest BCUT2D eigenvalue weighted by Gasteiger charge is -2.36. The summed E-state index contributed by atoms with van der Waals surface area (Å²) >= 11 is 0. The van der Waals surface area contributed by atoms with Gasteiger partial charge in [0.05, 0.1) is 0 Å². The summed E-state index contributed by atoms with van der Waals surface area (Å²) in [5.74, 6) is 1.76. The number of nitrogens with two attached hydrogens (primary N) is 1. The van der Waals surface area contributed by atoms with E-state index in [1.165, 1.54) is 24.8 Å². The summed E-state index contributed by atoms with van der Waals surface area (Å²) in [6.45, 7) is 3.38. The molecule has 0 bridgehead atoms. The van der Waals surface area contributed by atoms with Gasteiger partial charge in [0.1, 0.15) is 13.2 Å². The first-order valence-corrected chi connectivity index (χ1v) is 6.89. The first-order valence-electron chi connectivity index (χ1n) is 6.89. The highest BCUT2D eigenvalue weighted by Crippen LogP contribution is 2.42. The van der Waals surface area contributed by atoms with Crippen LogP contribution in [0.25, 0.3) is 0 Å². The maximum absolute atomic E-state index is 6.62. The zero-order chi connectivity index (χ0) is 12.6. The highest BCUT2D eigenvalue weighted by Gasteiger charge is 2.32. The second kappa shape index (κ2) is 4.47. The van der Waals surface area contributed by atoms with E-state index in [0.29, 0.717) is 13.2 Å². The van der Waals surface area contributed by atoms with Crippen molar-refractivity contribution in [3.8, 4) is 11.5 Å². The van der Waals surface area contributed by atoms with E-state index in [2.05, 4.69) is 13.0 Å². The van der Waals surface area contributed by atoms with Crippen LogP contribution < -0.4 is 15.2 Å². The zero-order valence-corrected chi connectivity index (χ0v) is 11.0. The van der Waals surface area contributed by atoms with Crippen molar-refractivity contribution in [2.45, 2.75) is 44.6 Å². The third-order valence-corrected chi connectivity index (χ3v) is 4.24. The summed E-state index contributed by atoms with van der Waals surface area (Å²) in [5.41, 5.74) is 8.86. The Balaban J connectivity index is 2.02. The molecule has 0 unspecified atom stereocenters. The fraction of sp³-hybridized carbons (Fsp3) is 0.600. The minimum Gasteiger partial charge on any atom is -0.486 e. The van der Waals surface area contributed by atoms with E-state index in [0.717, 1.165) is 29.9 Å². The lowest BCUT2D eigenvalue weighted by atomic mass is 9.76. The predicted octanol–water partition coefficient (Wildman–Crippen LogP) is 2.88. The zero-order valence-electron chi connectivity index (χ0n) is 11.0. The quantitative estimate of drug-likeness (QED) is 0.830. The predicted molar refractivity (Wildman–Crippen MR) is 71.1 cm³/mol. The van der Waals surface area contributed by atoms with Crippen LogP contribution in [0.1, 0.15) is 43.2 Å². The van der Waals surface area contributed by atoms with Crippen LogP contribution in [0.5, 0.6) is 11.5 Å². The third-order valence-electron chi connectivity index (χ3n) is 4.24. The molecule has 18 heavy (non-hydrogen) atoms. The van der Waals surface area contributed by atoms with Crippen molar-refractivity contribution in [2.24, 2.45) is 5.73 Å². The molecule has 1 aromatic rings. The van der Waals surface area contributed by atoms with Gasteiger partial charge in [-0.15, -0.1) is 0 Å². The highest BCUT2D eigenvalue weighted by molar-refractivity contribution is 5.52. The molecule has 3 nitrogen and oxygen atoms in total. The van der Waals surface area contributed by atoms with E-state index in [1.54, 1.807) is 0 Å². The van der Waals surface area contributed by atoms with Crippen LogP contribution in [-0.4, -0.2) is 13.2 Å². The van der Waals surface area contributed by atoms with Crippen molar-refractivity contribution < 1.29 is 9.47 Å². The molecule has 1 aliphatic carbocycles. The van der Waals surface area contributed by atoms with Gasteiger partial charge in [0.25, 0.3) is 0 Å². The van der Waals surface area contributed by atoms with Crippen LogP contribution >= 0.6 is 0 Å². The maximum atomic E-state index is 6.62.